The third-order valence-corrected chi connectivity index (χ3v) is 9.14. The van der Waals surface area contributed by atoms with Crippen LogP contribution in [0.15, 0.2) is 103 Å². The van der Waals surface area contributed by atoms with Crippen molar-refractivity contribution in [2.75, 3.05) is 6.79 Å². The summed E-state index contributed by atoms with van der Waals surface area (Å²) in [6.07, 6.45) is 7.77. The zero-order chi connectivity index (χ0) is 31.5. The molecule has 0 saturated heterocycles. The van der Waals surface area contributed by atoms with E-state index in [2.05, 4.69) is 41.8 Å². The molecule has 0 radical (unpaired) electrons. The van der Waals surface area contributed by atoms with E-state index in [1.165, 1.54) is 43.0 Å². The Hall–Kier alpha value is -4.91. The van der Waals surface area contributed by atoms with Crippen molar-refractivity contribution in [3.63, 3.8) is 0 Å². The summed E-state index contributed by atoms with van der Waals surface area (Å²) >= 11 is 0. The quantitative estimate of drug-likeness (QED) is 0.134. The number of para-hydroxylation sites is 1. The molecule has 0 spiro atoms. The normalized spacial score (nSPS) is 15.9. The zero-order valence-corrected chi connectivity index (χ0v) is 26.3. The molecule has 1 amide bonds. The number of hydrogen-bond donors (Lipinski definition) is 1. The first-order valence-corrected chi connectivity index (χ1v) is 16.5. The number of aliphatic hydroxyl groups is 1. The number of rotatable bonds is 13. The van der Waals surface area contributed by atoms with E-state index in [-0.39, 0.29) is 24.2 Å². The monoisotopic (exact) mass is 616 g/mol. The number of aromatic nitrogens is 1. The van der Waals surface area contributed by atoms with Crippen LogP contribution in [0.25, 0.3) is 21.8 Å². The van der Waals surface area contributed by atoms with Gasteiger partial charge in [0.1, 0.15) is 5.75 Å². The predicted molar refractivity (Wildman–Crippen MR) is 180 cm³/mol. The highest BCUT2D eigenvalue weighted by Gasteiger charge is 2.41. The van der Waals surface area contributed by atoms with Crippen molar-refractivity contribution >= 4 is 27.7 Å². The Morgan fingerprint density at radius 1 is 0.783 bits per heavy atom. The smallest absolute Gasteiger partial charge is 0.294 e. The summed E-state index contributed by atoms with van der Waals surface area (Å²) in [6.45, 7) is 3.69. The van der Waals surface area contributed by atoms with Crippen molar-refractivity contribution in [1.29, 1.82) is 0 Å². The van der Waals surface area contributed by atoms with Gasteiger partial charge in [0.25, 0.3) is 5.91 Å². The lowest BCUT2D eigenvalue weighted by Gasteiger charge is -2.25. The number of hydrogen-bond acceptors (Lipinski definition) is 5. The fourth-order valence-corrected chi connectivity index (χ4v) is 6.74. The van der Waals surface area contributed by atoms with Crippen LogP contribution in [0.4, 0.5) is 0 Å². The van der Waals surface area contributed by atoms with Gasteiger partial charge >= 0.3 is 0 Å². The highest BCUT2D eigenvalue weighted by molar-refractivity contribution is 6.08. The number of aryl methyl sites for hydroxylation is 1. The number of amides is 1. The summed E-state index contributed by atoms with van der Waals surface area (Å²) in [7, 11) is 0. The molecule has 0 aliphatic carbocycles. The minimum Gasteiger partial charge on any atom is -0.506 e. The molecule has 1 N–H and O–H groups in total. The molecular formula is C39H40N2O5. The number of benzene rings is 4. The minimum atomic E-state index is -0.592. The molecule has 0 bridgehead atoms. The van der Waals surface area contributed by atoms with Crippen LogP contribution < -0.4 is 14.2 Å². The van der Waals surface area contributed by atoms with Gasteiger partial charge in [-0.25, -0.2) is 0 Å². The molecule has 5 aromatic rings. The van der Waals surface area contributed by atoms with Gasteiger partial charge in [-0.3, -0.25) is 4.79 Å². The summed E-state index contributed by atoms with van der Waals surface area (Å²) < 4.78 is 19.7. The first kappa shape index (κ1) is 29.8. The number of aliphatic hydroxyl groups excluding tert-OH is 1. The summed E-state index contributed by atoms with van der Waals surface area (Å²) in [5, 5.41) is 14.0. The number of unbranched alkanes of at least 4 members (excludes halogenated alkanes) is 5. The van der Waals surface area contributed by atoms with Gasteiger partial charge in [-0.2, -0.15) is 0 Å². The Morgan fingerprint density at radius 3 is 2.41 bits per heavy atom. The first-order valence-electron chi connectivity index (χ1n) is 16.5. The second-order valence-corrected chi connectivity index (χ2v) is 12.3. The van der Waals surface area contributed by atoms with Crippen molar-refractivity contribution in [3.8, 4) is 17.2 Å². The fraction of sp³-hybridized carbons (Fsp3) is 0.308. The molecule has 1 unspecified atom stereocenters. The lowest BCUT2D eigenvalue weighted by atomic mass is 10.0. The van der Waals surface area contributed by atoms with Gasteiger partial charge in [-0.15, -0.1) is 0 Å². The van der Waals surface area contributed by atoms with Crippen LogP contribution in [0.5, 0.6) is 17.2 Å². The van der Waals surface area contributed by atoms with Gasteiger partial charge < -0.3 is 28.8 Å². The molecule has 2 aliphatic rings. The molecule has 7 rings (SSSR count). The number of carbonyl (C=O) groups excluding carboxylic acids is 1. The van der Waals surface area contributed by atoms with E-state index < -0.39 is 6.04 Å². The summed E-state index contributed by atoms with van der Waals surface area (Å²) in [6, 6.07) is 29.4. The molecule has 7 heteroatoms. The average Bonchev–Trinajstić information content (AvgIpc) is 3.74. The van der Waals surface area contributed by atoms with Crippen LogP contribution in [0, 0.1) is 0 Å². The zero-order valence-electron chi connectivity index (χ0n) is 26.3. The molecule has 236 valence electrons. The third kappa shape index (κ3) is 5.89. The Kier molecular flexibility index (Phi) is 8.55. The van der Waals surface area contributed by atoms with E-state index in [1.807, 2.05) is 60.7 Å². The molecule has 7 nitrogen and oxygen atoms in total. The van der Waals surface area contributed by atoms with Gasteiger partial charge in [0.15, 0.2) is 17.3 Å². The van der Waals surface area contributed by atoms with Gasteiger partial charge in [-0.05, 0) is 47.9 Å². The topological polar surface area (TPSA) is 73.2 Å². The Bertz CT molecular complexity index is 1890. The number of nitrogens with zero attached hydrogens (tertiary/aromatic N) is 2. The van der Waals surface area contributed by atoms with E-state index >= 15 is 0 Å². The van der Waals surface area contributed by atoms with Crippen LogP contribution in [0.1, 0.15) is 56.6 Å². The summed E-state index contributed by atoms with van der Waals surface area (Å²) in [4.78, 5) is 15.7. The van der Waals surface area contributed by atoms with Gasteiger partial charge in [0.2, 0.25) is 12.6 Å². The van der Waals surface area contributed by atoms with Crippen LogP contribution in [0.3, 0.4) is 0 Å². The lowest BCUT2D eigenvalue weighted by molar-refractivity contribution is -0.129. The molecule has 0 saturated carbocycles. The average molecular weight is 617 g/mol. The van der Waals surface area contributed by atoms with Gasteiger partial charge in [0.05, 0.1) is 11.6 Å². The Labute approximate surface area is 269 Å². The van der Waals surface area contributed by atoms with Gasteiger partial charge in [0, 0.05) is 41.9 Å². The second-order valence-electron chi connectivity index (χ2n) is 12.3. The maximum absolute atomic E-state index is 14.0. The van der Waals surface area contributed by atoms with Crippen LogP contribution in [-0.2, 0) is 24.3 Å². The highest BCUT2D eigenvalue weighted by atomic mass is 16.7. The predicted octanol–water partition coefficient (Wildman–Crippen LogP) is 8.69. The second kappa shape index (κ2) is 13.2. The molecular weight excluding hydrogens is 576 g/mol. The maximum atomic E-state index is 14.0. The SMILES string of the molecule is CCCCCCCCn1c2ccccc2c2ccc(OC3=C(O)C(Cc4ccc5c(c4)OCO5)N(Cc4ccccc4)C3=O)cc21. The number of fused-ring (bicyclic) bond motifs is 4. The first-order chi connectivity index (χ1) is 22.6. The van der Waals surface area contributed by atoms with Crippen molar-refractivity contribution < 1.29 is 24.1 Å². The molecule has 4 aromatic carbocycles. The standard InChI is InChI=1S/C39H40N2O5/c1-2-3-4-5-6-12-21-40-32-16-11-10-15-30(32)31-19-18-29(24-33(31)40)46-38-37(42)34(22-28-17-20-35-36(23-28)45-26-44-35)41(39(38)43)25-27-13-8-7-9-14-27/h7-11,13-20,23-24,34,42H,2-6,12,21-22,25-26H2,1H3. The molecule has 3 heterocycles. The van der Waals surface area contributed by atoms with Crippen LogP contribution >= 0.6 is 0 Å². The van der Waals surface area contributed by atoms with E-state index in [4.69, 9.17) is 14.2 Å². The summed E-state index contributed by atoms with van der Waals surface area (Å²) in [5.74, 6) is 1.46. The van der Waals surface area contributed by atoms with E-state index in [0.29, 0.717) is 30.2 Å². The molecule has 1 aromatic heterocycles. The molecule has 2 aliphatic heterocycles. The minimum absolute atomic E-state index is 0.0281. The largest absolute Gasteiger partial charge is 0.506 e. The molecule has 0 fully saturated rings. The Balaban J connectivity index is 1.19. The van der Waals surface area contributed by atoms with Crippen molar-refractivity contribution in [2.24, 2.45) is 0 Å². The number of ether oxygens (including phenoxy) is 3. The van der Waals surface area contributed by atoms with Crippen LogP contribution in [0.2, 0.25) is 0 Å². The highest BCUT2D eigenvalue weighted by Crippen LogP contribution is 2.37. The third-order valence-electron chi connectivity index (χ3n) is 9.14. The number of carbonyl (C=O) groups is 1. The van der Waals surface area contributed by atoms with E-state index in [0.717, 1.165) is 35.0 Å². The maximum Gasteiger partial charge on any atom is 0.294 e. The Morgan fingerprint density at radius 2 is 1.54 bits per heavy atom. The molecule has 1 atom stereocenters. The molecule has 46 heavy (non-hydrogen) atoms. The van der Waals surface area contributed by atoms with Crippen molar-refractivity contribution in [3.05, 3.63) is 114 Å². The van der Waals surface area contributed by atoms with E-state index in [9.17, 15) is 9.90 Å². The fourth-order valence-electron chi connectivity index (χ4n) is 6.74. The van der Waals surface area contributed by atoms with Gasteiger partial charge in [-0.1, -0.05) is 93.6 Å². The van der Waals surface area contributed by atoms with E-state index in [1.54, 1.807) is 4.90 Å². The van der Waals surface area contributed by atoms with Crippen molar-refractivity contribution in [1.82, 2.24) is 9.47 Å². The van der Waals surface area contributed by atoms with Crippen molar-refractivity contribution in [2.45, 2.75) is 71.0 Å². The lowest BCUT2D eigenvalue weighted by Crippen LogP contribution is -2.37. The summed E-state index contributed by atoms with van der Waals surface area (Å²) in [5.41, 5.74) is 4.16. The van der Waals surface area contributed by atoms with Crippen LogP contribution in [-0.4, -0.2) is 33.3 Å².